The fourth-order valence-corrected chi connectivity index (χ4v) is 1.86. The predicted molar refractivity (Wildman–Crippen MR) is 95.9 cm³/mol. The summed E-state index contributed by atoms with van der Waals surface area (Å²) in [7, 11) is 1.45. The van der Waals surface area contributed by atoms with Crippen LogP contribution in [0.2, 0.25) is 5.02 Å². The molecule has 1 aromatic rings. The summed E-state index contributed by atoms with van der Waals surface area (Å²) in [5.74, 6) is -1.59. The molecule has 144 valence electrons. The molecule has 0 radical (unpaired) electrons. The van der Waals surface area contributed by atoms with Gasteiger partial charge in [-0.2, -0.15) is 0 Å². The van der Waals surface area contributed by atoms with Gasteiger partial charge < -0.3 is 25.4 Å². The molecule has 1 aromatic heterocycles. The van der Waals surface area contributed by atoms with Crippen molar-refractivity contribution >= 4 is 35.3 Å². The zero-order chi connectivity index (χ0) is 19.7. The number of rotatable bonds is 6. The largest absolute Gasteiger partial charge is 0.444 e. The van der Waals surface area contributed by atoms with Crippen LogP contribution in [-0.2, 0) is 19.1 Å². The van der Waals surface area contributed by atoms with Gasteiger partial charge in [-0.15, -0.1) is 0 Å². The molecule has 0 saturated heterocycles. The van der Waals surface area contributed by atoms with E-state index < -0.39 is 29.6 Å². The number of carbonyl (C=O) groups excluding carboxylic acids is 3. The van der Waals surface area contributed by atoms with Crippen molar-refractivity contribution in [2.45, 2.75) is 32.4 Å². The number of aromatic nitrogens is 1. The van der Waals surface area contributed by atoms with Crippen molar-refractivity contribution < 1.29 is 23.9 Å². The Morgan fingerprint density at radius 1 is 1.23 bits per heavy atom. The molecular formula is C16H23ClN4O5. The van der Waals surface area contributed by atoms with Gasteiger partial charge in [0.15, 0.2) is 0 Å². The molecule has 1 rings (SSSR count). The summed E-state index contributed by atoms with van der Waals surface area (Å²) < 4.78 is 10.1. The zero-order valence-corrected chi connectivity index (χ0v) is 15.8. The molecule has 0 aliphatic carbocycles. The first-order chi connectivity index (χ1) is 12.1. The lowest BCUT2D eigenvalue weighted by atomic mass is 10.2. The molecule has 0 aliphatic heterocycles. The van der Waals surface area contributed by atoms with Crippen molar-refractivity contribution in [1.29, 1.82) is 0 Å². The molecular weight excluding hydrogens is 364 g/mol. The molecule has 0 fully saturated rings. The summed E-state index contributed by atoms with van der Waals surface area (Å²) in [6.07, 6.45) is 0.692. The van der Waals surface area contributed by atoms with E-state index in [2.05, 4.69) is 20.9 Å². The van der Waals surface area contributed by atoms with Gasteiger partial charge in [0.1, 0.15) is 11.4 Å². The van der Waals surface area contributed by atoms with Crippen molar-refractivity contribution in [1.82, 2.24) is 15.6 Å². The second kappa shape index (κ2) is 9.93. The van der Waals surface area contributed by atoms with Crippen molar-refractivity contribution in [3.05, 3.63) is 23.4 Å². The standard InChI is InChI=1S/C16H23ClN4O5/c1-16(2,3)26-15(24)20-11(9-25-4)8-19-13(22)14(23)21-12-6-5-10(17)7-18-12/h5-7,11H,8-9H2,1-4H3,(H,19,22)(H,20,24)(H,18,21,23)/t11-/m0/s1. The molecule has 3 N–H and O–H groups in total. The lowest BCUT2D eigenvalue weighted by Crippen LogP contribution is -2.49. The quantitative estimate of drug-likeness (QED) is 0.634. The van der Waals surface area contributed by atoms with E-state index in [9.17, 15) is 14.4 Å². The minimum absolute atomic E-state index is 0.0205. The Labute approximate surface area is 156 Å². The van der Waals surface area contributed by atoms with Crippen LogP contribution < -0.4 is 16.0 Å². The summed E-state index contributed by atoms with van der Waals surface area (Å²) in [4.78, 5) is 39.4. The van der Waals surface area contributed by atoms with Crippen molar-refractivity contribution in [2.24, 2.45) is 0 Å². The van der Waals surface area contributed by atoms with Gasteiger partial charge >= 0.3 is 17.9 Å². The predicted octanol–water partition coefficient (Wildman–Crippen LogP) is 1.33. The van der Waals surface area contributed by atoms with E-state index in [0.717, 1.165) is 0 Å². The summed E-state index contributed by atoms with van der Waals surface area (Å²) in [5.41, 5.74) is -0.656. The third kappa shape index (κ3) is 8.63. The third-order valence-electron chi connectivity index (χ3n) is 2.77. The lowest BCUT2D eigenvalue weighted by molar-refractivity contribution is -0.136. The summed E-state index contributed by atoms with van der Waals surface area (Å²) in [6, 6.07) is 2.42. The van der Waals surface area contributed by atoms with Gasteiger partial charge in [-0.05, 0) is 32.9 Å². The number of pyridine rings is 1. The topological polar surface area (TPSA) is 119 Å². The van der Waals surface area contributed by atoms with Crippen molar-refractivity contribution in [3.63, 3.8) is 0 Å². The monoisotopic (exact) mass is 386 g/mol. The Hall–Kier alpha value is -2.39. The van der Waals surface area contributed by atoms with E-state index in [0.29, 0.717) is 5.02 Å². The number of halogens is 1. The molecule has 0 spiro atoms. The summed E-state index contributed by atoms with van der Waals surface area (Å²) in [6.45, 7) is 5.30. The highest BCUT2D eigenvalue weighted by atomic mass is 35.5. The number of hydrogen-bond acceptors (Lipinski definition) is 6. The normalized spacial score (nSPS) is 12.0. The number of methoxy groups -OCH3 is 1. The van der Waals surface area contributed by atoms with E-state index in [1.54, 1.807) is 20.8 Å². The highest BCUT2D eigenvalue weighted by Crippen LogP contribution is 2.09. The minimum atomic E-state index is -0.895. The maximum Gasteiger partial charge on any atom is 0.408 e. The molecule has 10 heteroatoms. The number of amides is 3. The summed E-state index contributed by atoms with van der Waals surface area (Å²) >= 11 is 5.70. The van der Waals surface area contributed by atoms with Gasteiger partial charge in [-0.3, -0.25) is 9.59 Å². The van der Waals surface area contributed by atoms with Gasteiger partial charge in [0, 0.05) is 19.9 Å². The Bertz CT molecular complexity index is 631. The number of carbonyl (C=O) groups is 3. The fraction of sp³-hybridized carbons (Fsp3) is 0.500. The number of alkyl carbamates (subject to hydrolysis) is 1. The highest BCUT2D eigenvalue weighted by Gasteiger charge is 2.21. The van der Waals surface area contributed by atoms with Crippen LogP contribution >= 0.6 is 11.6 Å². The number of nitrogens with one attached hydrogen (secondary N) is 3. The maximum atomic E-state index is 11.9. The van der Waals surface area contributed by atoms with Crippen LogP contribution in [0.5, 0.6) is 0 Å². The molecule has 0 unspecified atom stereocenters. The summed E-state index contributed by atoms with van der Waals surface area (Å²) in [5, 5.41) is 7.72. The van der Waals surface area contributed by atoms with Crippen molar-refractivity contribution in [3.8, 4) is 0 Å². The van der Waals surface area contributed by atoms with Crippen LogP contribution in [0, 0.1) is 0 Å². The maximum absolute atomic E-state index is 11.9. The molecule has 0 bridgehead atoms. The highest BCUT2D eigenvalue weighted by molar-refractivity contribution is 6.39. The molecule has 0 aromatic carbocycles. The van der Waals surface area contributed by atoms with Gasteiger partial charge in [-0.25, -0.2) is 9.78 Å². The van der Waals surface area contributed by atoms with Gasteiger partial charge in [0.05, 0.1) is 17.7 Å². The molecule has 26 heavy (non-hydrogen) atoms. The lowest BCUT2D eigenvalue weighted by Gasteiger charge is -2.23. The van der Waals surface area contributed by atoms with Crippen LogP contribution in [0.4, 0.5) is 10.6 Å². The van der Waals surface area contributed by atoms with Crippen LogP contribution in [0.25, 0.3) is 0 Å². The number of anilines is 1. The van der Waals surface area contributed by atoms with Gasteiger partial charge in [0.2, 0.25) is 0 Å². The Morgan fingerprint density at radius 3 is 2.46 bits per heavy atom. The zero-order valence-electron chi connectivity index (χ0n) is 15.1. The Kier molecular flexibility index (Phi) is 8.27. The number of hydrogen-bond donors (Lipinski definition) is 3. The SMILES string of the molecule is COC[C@H](CNC(=O)C(=O)Nc1ccc(Cl)cn1)NC(=O)OC(C)(C)C. The first kappa shape index (κ1) is 21.7. The average molecular weight is 387 g/mol. The van der Waals surface area contributed by atoms with Crippen LogP contribution in [0.15, 0.2) is 18.3 Å². The van der Waals surface area contributed by atoms with Crippen LogP contribution in [-0.4, -0.2) is 54.8 Å². The number of nitrogens with zero attached hydrogens (tertiary/aromatic N) is 1. The van der Waals surface area contributed by atoms with E-state index in [1.165, 1.54) is 25.4 Å². The molecule has 0 saturated carbocycles. The fourth-order valence-electron chi connectivity index (χ4n) is 1.75. The molecule has 0 aliphatic rings. The second-order valence-electron chi connectivity index (χ2n) is 6.32. The molecule has 9 nitrogen and oxygen atoms in total. The smallest absolute Gasteiger partial charge is 0.408 e. The van der Waals surface area contributed by atoms with E-state index in [-0.39, 0.29) is 19.0 Å². The van der Waals surface area contributed by atoms with E-state index >= 15 is 0 Å². The third-order valence-corrected chi connectivity index (χ3v) is 3.00. The minimum Gasteiger partial charge on any atom is -0.444 e. The Balaban J connectivity index is 2.51. The molecule has 3 amide bonds. The average Bonchev–Trinajstić information content (AvgIpc) is 2.52. The van der Waals surface area contributed by atoms with Gasteiger partial charge in [0.25, 0.3) is 0 Å². The van der Waals surface area contributed by atoms with Gasteiger partial charge in [-0.1, -0.05) is 11.6 Å². The van der Waals surface area contributed by atoms with E-state index in [1.807, 2.05) is 0 Å². The Morgan fingerprint density at radius 2 is 1.92 bits per heavy atom. The number of ether oxygens (including phenoxy) is 2. The van der Waals surface area contributed by atoms with E-state index in [4.69, 9.17) is 21.1 Å². The molecule has 1 heterocycles. The van der Waals surface area contributed by atoms with Crippen LogP contribution in [0.3, 0.4) is 0 Å². The second-order valence-corrected chi connectivity index (χ2v) is 6.76. The first-order valence-electron chi connectivity index (χ1n) is 7.80. The molecule has 1 atom stereocenters. The van der Waals surface area contributed by atoms with Crippen molar-refractivity contribution in [2.75, 3.05) is 25.6 Å². The van der Waals surface area contributed by atoms with Crippen LogP contribution in [0.1, 0.15) is 20.8 Å². The first-order valence-corrected chi connectivity index (χ1v) is 8.17.